The lowest BCUT2D eigenvalue weighted by molar-refractivity contribution is 0.415. The fraction of sp³-hybridized carbons (Fsp3) is 0.207. The van der Waals surface area contributed by atoms with Crippen LogP contribution in [0.3, 0.4) is 0 Å². The minimum atomic E-state index is -3.91. The van der Waals surface area contributed by atoms with E-state index in [1.165, 1.54) is 0 Å². The molecule has 1 aliphatic heterocycles. The van der Waals surface area contributed by atoms with Gasteiger partial charge < -0.3 is 0 Å². The second kappa shape index (κ2) is 8.73. The molecular formula is C29H28N2O2S. The molecule has 2 aliphatic rings. The van der Waals surface area contributed by atoms with Crippen molar-refractivity contribution in [3.05, 3.63) is 125 Å². The number of benzene rings is 3. The normalized spacial score (nSPS) is 20.2. The van der Waals surface area contributed by atoms with E-state index in [1.807, 2.05) is 118 Å². The van der Waals surface area contributed by atoms with Gasteiger partial charge in [0.1, 0.15) is 11.9 Å². The van der Waals surface area contributed by atoms with E-state index in [2.05, 4.69) is 0 Å². The largest absolute Gasteiger partial charge is 0.266 e. The summed E-state index contributed by atoms with van der Waals surface area (Å²) in [6.07, 6.45) is 7.92. The molecule has 1 heterocycles. The van der Waals surface area contributed by atoms with Crippen molar-refractivity contribution in [2.75, 3.05) is 0 Å². The predicted octanol–water partition coefficient (Wildman–Crippen LogP) is 6.24. The third kappa shape index (κ3) is 3.80. The average Bonchev–Trinajstić information content (AvgIpc) is 3.48. The molecule has 0 unspecified atom stereocenters. The van der Waals surface area contributed by atoms with E-state index in [0.29, 0.717) is 10.7 Å². The zero-order chi connectivity index (χ0) is 23.9. The first-order valence-electron chi connectivity index (χ1n) is 11.5. The summed E-state index contributed by atoms with van der Waals surface area (Å²) in [6.45, 7) is 5.74. The fourth-order valence-corrected chi connectivity index (χ4v) is 7.28. The third-order valence-electron chi connectivity index (χ3n) is 6.50. The van der Waals surface area contributed by atoms with Gasteiger partial charge in [0.25, 0.3) is 10.0 Å². The van der Waals surface area contributed by atoms with Gasteiger partial charge in [0, 0.05) is 0 Å². The van der Waals surface area contributed by atoms with Crippen LogP contribution in [0, 0.1) is 26.7 Å². The molecule has 0 fully saturated rings. The molecule has 5 rings (SSSR count). The van der Waals surface area contributed by atoms with Gasteiger partial charge in [-0.3, -0.25) is 4.99 Å². The van der Waals surface area contributed by atoms with Crippen molar-refractivity contribution in [3.63, 3.8) is 0 Å². The highest BCUT2D eigenvalue weighted by atomic mass is 32.2. The molecule has 3 aromatic carbocycles. The second-order valence-corrected chi connectivity index (χ2v) is 10.8. The van der Waals surface area contributed by atoms with Crippen molar-refractivity contribution >= 4 is 15.9 Å². The molecule has 1 aliphatic carbocycles. The Kier molecular flexibility index (Phi) is 5.74. The van der Waals surface area contributed by atoms with Gasteiger partial charge in [-0.2, -0.15) is 0 Å². The Bertz CT molecular complexity index is 1370. The number of hydrogen-bond donors (Lipinski definition) is 0. The molecule has 0 aromatic heterocycles. The van der Waals surface area contributed by atoms with Gasteiger partial charge in [-0.1, -0.05) is 103 Å². The number of sulfonamides is 1. The number of allylic oxidation sites excluding steroid dienone is 2. The Labute approximate surface area is 202 Å². The summed E-state index contributed by atoms with van der Waals surface area (Å²) in [5.74, 6) is 0.368. The zero-order valence-electron chi connectivity index (χ0n) is 19.6. The van der Waals surface area contributed by atoms with E-state index < -0.39 is 16.1 Å². The molecule has 0 N–H and O–H groups in total. The van der Waals surface area contributed by atoms with E-state index in [9.17, 15) is 8.42 Å². The first-order valence-corrected chi connectivity index (χ1v) is 13.0. The summed E-state index contributed by atoms with van der Waals surface area (Å²) in [5.41, 5.74) is 4.48. The summed E-state index contributed by atoms with van der Waals surface area (Å²) >= 11 is 0. The number of nitrogens with zero attached hydrogens (tertiary/aromatic N) is 2. The first kappa shape index (κ1) is 22.4. The van der Waals surface area contributed by atoms with Crippen LogP contribution in [0.25, 0.3) is 0 Å². The lowest BCUT2D eigenvalue weighted by atomic mass is 9.95. The van der Waals surface area contributed by atoms with Crippen LogP contribution in [-0.4, -0.2) is 18.6 Å². The molecule has 3 aromatic rings. The molecule has 0 saturated carbocycles. The van der Waals surface area contributed by atoms with E-state index in [1.54, 1.807) is 4.31 Å². The summed E-state index contributed by atoms with van der Waals surface area (Å²) in [6, 6.07) is 22.9. The SMILES string of the molecule is Cc1cc(C)c(S(=O)(=O)N2C(C3C=CC=C3)=N[C@H](c3ccccc3)[C@H]2c2ccccc2)c(C)c1. The number of aliphatic imine (C=N–C) groups is 1. The van der Waals surface area contributed by atoms with Gasteiger partial charge in [0.15, 0.2) is 0 Å². The molecule has 0 saturated heterocycles. The first-order chi connectivity index (χ1) is 16.4. The van der Waals surface area contributed by atoms with Gasteiger partial charge in [0.05, 0.1) is 16.9 Å². The Morgan fingerprint density at radius 1 is 0.765 bits per heavy atom. The summed E-state index contributed by atoms with van der Waals surface area (Å²) in [7, 11) is -3.91. The minimum absolute atomic E-state index is 0.194. The van der Waals surface area contributed by atoms with Crippen LogP contribution in [0.1, 0.15) is 39.9 Å². The fourth-order valence-electron chi connectivity index (χ4n) is 5.20. The third-order valence-corrected chi connectivity index (χ3v) is 8.59. The monoisotopic (exact) mass is 468 g/mol. The average molecular weight is 469 g/mol. The van der Waals surface area contributed by atoms with Crippen LogP contribution in [0.2, 0.25) is 0 Å². The highest BCUT2D eigenvalue weighted by Crippen LogP contribution is 2.47. The van der Waals surface area contributed by atoms with Crippen LogP contribution in [0.4, 0.5) is 0 Å². The predicted molar refractivity (Wildman–Crippen MR) is 137 cm³/mol. The summed E-state index contributed by atoms with van der Waals surface area (Å²) in [4.78, 5) is 5.48. The highest BCUT2D eigenvalue weighted by molar-refractivity contribution is 7.89. The minimum Gasteiger partial charge on any atom is -0.260 e. The number of hydrogen-bond acceptors (Lipinski definition) is 3. The van der Waals surface area contributed by atoms with Crippen LogP contribution >= 0.6 is 0 Å². The molecule has 2 atom stereocenters. The molecule has 0 spiro atoms. The van der Waals surface area contributed by atoms with Gasteiger partial charge in [0.2, 0.25) is 0 Å². The zero-order valence-corrected chi connectivity index (χ0v) is 20.4. The van der Waals surface area contributed by atoms with Crippen LogP contribution in [0.15, 0.2) is 107 Å². The lowest BCUT2D eigenvalue weighted by Gasteiger charge is -2.32. The van der Waals surface area contributed by atoms with E-state index in [0.717, 1.165) is 27.8 Å². The van der Waals surface area contributed by atoms with Crippen molar-refractivity contribution in [2.45, 2.75) is 37.8 Å². The molecule has 0 amide bonds. The quantitative estimate of drug-likeness (QED) is 0.445. The Hall–Kier alpha value is -3.44. The van der Waals surface area contributed by atoms with Crippen LogP contribution in [0.5, 0.6) is 0 Å². The van der Waals surface area contributed by atoms with Gasteiger partial charge in [-0.05, 0) is 43.0 Å². The molecule has 5 heteroatoms. The molecule has 4 nitrogen and oxygen atoms in total. The smallest absolute Gasteiger partial charge is 0.260 e. The molecule has 34 heavy (non-hydrogen) atoms. The van der Waals surface area contributed by atoms with Gasteiger partial charge in [-0.25, -0.2) is 12.7 Å². The summed E-state index contributed by atoms with van der Waals surface area (Å²) in [5, 5.41) is 0. The number of rotatable bonds is 5. The molecule has 0 radical (unpaired) electrons. The van der Waals surface area contributed by atoms with Crippen LogP contribution in [-0.2, 0) is 10.0 Å². The Balaban J connectivity index is 1.76. The van der Waals surface area contributed by atoms with Crippen molar-refractivity contribution in [1.29, 1.82) is 0 Å². The van der Waals surface area contributed by atoms with E-state index >= 15 is 0 Å². The standard InChI is InChI=1S/C29H28N2O2S/c1-20-18-21(2)28(22(3)19-20)34(32,33)31-27(24-14-8-5-9-15-24)26(23-12-6-4-7-13-23)30-29(31)25-16-10-11-17-25/h4-19,25-27H,1-3H3/t26-,27-/m1/s1. The summed E-state index contributed by atoms with van der Waals surface area (Å²) < 4.78 is 30.6. The Morgan fingerprint density at radius 3 is 1.85 bits per heavy atom. The number of aryl methyl sites for hydroxylation is 3. The lowest BCUT2D eigenvalue weighted by Crippen LogP contribution is -2.40. The molecule has 0 bridgehead atoms. The Morgan fingerprint density at radius 2 is 1.29 bits per heavy atom. The topological polar surface area (TPSA) is 49.7 Å². The van der Waals surface area contributed by atoms with Gasteiger partial charge >= 0.3 is 0 Å². The van der Waals surface area contributed by atoms with Crippen molar-refractivity contribution in [2.24, 2.45) is 10.9 Å². The maximum absolute atomic E-state index is 14.5. The second-order valence-electron chi connectivity index (χ2n) is 9.02. The van der Waals surface area contributed by atoms with Crippen molar-refractivity contribution in [1.82, 2.24) is 4.31 Å². The van der Waals surface area contributed by atoms with Crippen molar-refractivity contribution < 1.29 is 8.42 Å². The van der Waals surface area contributed by atoms with Crippen LogP contribution < -0.4 is 0 Å². The number of amidine groups is 1. The highest BCUT2D eigenvalue weighted by Gasteiger charge is 2.47. The maximum Gasteiger partial charge on any atom is 0.266 e. The molecule has 172 valence electrons. The van der Waals surface area contributed by atoms with E-state index in [-0.39, 0.29) is 12.0 Å². The van der Waals surface area contributed by atoms with E-state index in [4.69, 9.17) is 4.99 Å². The molecular weight excluding hydrogens is 440 g/mol. The van der Waals surface area contributed by atoms with Crippen molar-refractivity contribution in [3.8, 4) is 0 Å². The van der Waals surface area contributed by atoms with Gasteiger partial charge in [-0.15, -0.1) is 0 Å². The maximum atomic E-state index is 14.5.